The van der Waals surface area contributed by atoms with Gasteiger partial charge in [0, 0.05) is 30.5 Å². The molecule has 0 radical (unpaired) electrons. The fraction of sp³-hybridized carbons (Fsp3) is 0.650. The Labute approximate surface area is 172 Å². The maximum atomic E-state index is 11.0. The second-order valence-corrected chi connectivity index (χ2v) is 8.93. The van der Waals surface area contributed by atoms with Crippen molar-refractivity contribution in [1.82, 2.24) is 4.90 Å². The summed E-state index contributed by atoms with van der Waals surface area (Å²) in [5.74, 6) is 2.48. The van der Waals surface area contributed by atoms with Gasteiger partial charge in [-0.25, -0.2) is 4.99 Å². The highest BCUT2D eigenvalue weighted by Crippen LogP contribution is 2.38. The zero-order valence-corrected chi connectivity index (χ0v) is 18.0. The third kappa shape index (κ3) is 5.38. The molecule has 0 unspecified atom stereocenters. The summed E-state index contributed by atoms with van der Waals surface area (Å²) in [6.45, 7) is 7.45. The van der Waals surface area contributed by atoms with Crippen molar-refractivity contribution in [3.63, 3.8) is 0 Å². The van der Waals surface area contributed by atoms with Crippen LogP contribution < -0.4 is 0 Å². The predicted molar refractivity (Wildman–Crippen MR) is 117 cm³/mol. The molecule has 0 aromatic heterocycles. The lowest BCUT2D eigenvalue weighted by molar-refractivity contribution is -0.384. The standard InChI is InChI=1S/C20H29N3O2S.ClH/c1-14(2)12-22-19(16-7-5-4-6-8-16)13-26-20(22)21-18-10-9-17(23(24)25)11-15(18)3;/h9-11,14,16,19H,4-8,12-13H2,1-3H3;1H/t19-;/m1./s1. The second kappa shape index (κ2) is 9.78. The molecule has 0 spiro atoms. The van der Waals surface area contributed by atoms with E-state index in [9.17, 15) is 10.1 Å². The van der Waals surface area contributed by atoms with Gasteiger partial charge in [-0.1, -0.05) is 44.9 Å². The molecule has 150 valence electrons. The van der Waals surface area contributed by atoms with Crippen LogP contribution in [0.15, 0.2) is 23.2 Å². The molecule has 0 bridgehead atoms. The molecule has 3 rings (SSSR count). The topological polar surface area (TPSA) is 58.7 Å². The van der Waals surface area contributed by atoms with Crippen molar-refractivity contribution in [2.24, 2.45) is 16.8 Å². The lowest BCUT2D eigenvalue weighted by atomic mass is 9.84. The molecular formula is C20H30ClN3O2S. The predicted octanol–water partition coefficient (Wildman–Crippen LogP) is 5.97. The smallest absolute Gasteiger partial charge is 0.269 e. The van der Waals surface area contributed by atoms with E-state index in [2.05, 4.69) is 18.7 Å². The van der Waals surface area contributed by atoms with Gasteiger partial charge in [-0.3, -0.25) is 10.1 Å². The number of nitro benzene ring substituents is 1. The normalized spacial score (nSPS) is 22.3. The average Bonchev–Trinajstić information content (AvgIpc) is 2.99. The summed E-state index contributed by atoms with van der Waals surface area (Å²) >= 11 is 1.85. The molecule has 1 saturated heterocycles. The number of hydrogen-bond acceptors (Lipinski definition) is 4. The van der Waals surface area contributed by atoms with Gasteiger partial charge in [0.25, 0.3) is 5.69 Å². The number of nitro groups is 1. The van der Waals surface area contributed by atoms with E-state index in [4.69, 9.17) is 4.99 Å². The van der Waals surface area contributed by atoms with Crippen LogP contribution in [0.5, 0.6) is 0 Å². The number of halogens is 1. The Bertz CT molecular complexity index is 690. The first-order chi connectivity index (χ1) is 12.5. The van der Waals surface area contributed by atoms with Crippen LogP contribution in [0.2, 0.25) is 0 Å². The molecule has 1 atom stereocenters. The summed E-state index contributed by atoms with van der Waals surface area (Å²) < 4.78 is 0. The molecule has 27 heavy (non-hydrogen) atoms. The lowest BCUT2D eigenvalue weighted by Gasteiger charge is -2.35. The van der Waals surface area contributed by atoms with E-state index < -0.39 is 0 Å². The molecule has 1 aromatic rings. The molecule has 0 amide bonds. The van der Waals surface area contributed by atoms with Gasteiger partial charge in [0.15, 0.2) is 5.17 Å². The van der Waals surface area contributed by atoms with E-state index in [1.165, 1.54) is 32.1 Å². The van der Waals surface area contributed by atoms with Crippen molar-refractivity contribution in [3.05, 3.63) is 33.9 Å². The molecule has 1 saturated carbocycles. The number of thioether (sulfide) groups is 1. The Morgan fingerprint density at radius 2 is 2.00 bits per heavy atom. The Morgan fingerprint density at radius 3 is 2.59 bits per heavy atom. The maximum Gasteiger partial charge on any atom is 0.269 e. The lowest BCUT2D eigenvalue weighted by Crippen LogP contribution is -2.42. The molecule has 0 N–H and O–H groups in total. The van der Waals surface area contributed by atoms with Crippen molar-refractivity contribution < 1.29 is 4.92 Å². The molecule has 5 nitrogen and oxygen atoms in total. The highest BCUT2D eigenvalue weighted by atomic mass is 35.5. The first-order valence-electron chi connectivity index (χ1n) is 9.69. The van der Waals surface area contributed by atoms with Gasteiger partial charge >= 0.3 is 0 Å². The third-order valence-corrected chi connectivity index (χ3v) is 6.48. The number of amidine groups is 1. The third-order valence-electron chi connectivity index (χ3n) is 5.39. The highest BCUT2D eigenvalue weighted by molar-refractivity contribution is 8.14. The molecule has 2 aliphatic rings. The van der Waals surface area contributed by atoms with E-state index in [1.54, 1.807) is 18.2 Å². The molecule has 1 aliphatic heterocycles. The number of aryl methyl sites for hydroxylation is 1. The van der Waals surface area contributed by atoms with Crippen molar-refractivity contribution in [2.75, 3.05) is 12.3 Å². The number of aliphatic imine (C=N–C) groups is 1. The van der Waals surface area contributed by atoms with E-state index in [0.717, 1.165) is 34.6 Å². The van der Waals surface area contributed by atoms with Gasteiger partial charge in [0.2, 0.25) is 0 Å². The molecule has 1 aromatic carbocycles. The van der Waals surface area contributed by atoms with Crippen LogP contribution in [0, 0.1) is 28.9 Å². The van der Waals surface area contributed by atoms with Crippen molar-refractivity contribution in [2.45, 2.75) is 58.9 Å². The minimum atomic E-state index is -0.349. The molecule has 1 aliphatic carbocycles. The summed E-state index contributed by atoms with van der Waals surface area (Å²) in [4.78, 5) is 18.0. The molecule has 2 fully saturated rings. The van der Waals surface area contributed by atoms with Gasteiger partial charge in [-0.15, -0.1) is 12.4 Å². The number of hydrogen-bond donors (Lipinski definition) is 0. The second-order valence-electron chi connectivity index (χ2n) is 7.94. The van der Waals surface area contributed by atoms with Crippen LogP contribution in [-0.2, 0) is 0 Å². The first-order valence-corrected chi connectivity index (χ1v) is 10.7. The summed E-state index contributed by atoms with van der Waals surface area (Å²) in [6, 6.07) is 5.53. The number of non-ortho nitro benzene ring substituents is 1. The Hall–Kier alpha value is -1.27. The monoisotopic (exact) mass is 411 g/mol. The zero-order valence-electron chi connectivity index (χ0n) is 16.4. The summed E-state index contributed by atoms with van der Waals surface area (Å²) in [6.07, 6.45) is 6.77. The molecule has 1 heterocycles. The Morgan fingerprint density at radius 1 is 1.30 bits per heavy atom. The van der Waals surface area contributed by atoms with Gasteiger partial charge in [-0.2, -0.15) is 0 Å². The van der Waals surface area contributed by atoms with E-state index in [1.807, 2.05) is 18.7 Å². The number of rotatable bonds is 5. The summed E-state index contributed by atoms with van der Waals surface area (Å²) in [5.41, 5.74) is 1.83. The fourth-order valence-corrected chi connectivity index (χ4v) is 5.38. The highest BCUT2D eigenvalue weighted by Gasteiger charge is 2.36. The van der Waals surface area contributed by atoms with Crippen LogP contribution >= 0.6 is 24.2 Å². The average molecular weight is 412 g/mol. The van der Waals surface area contributed by atoms with Gasteiger partial charge in [-0.05, 0) is 43.2 Å². The minimum Gasteiger partial charge on any atom is -0.347 e. The number of nitrogens with zero attached hydrogens (tertiary/aromatic N) is 3. The quantitative estimate of drug-likeness (QED) is 0.442. The van der Waals surface area contributed by atoms with Crippen LogP contribution in [0.1, 0.15) is 51.5 Å². The Balaban J connectivity index is 0.00000261. The van der Waals surface area contributed by atoms with E-state index >= 15 is 0 Å². The van der Waals surface area contributed by atoms with Gasteiger partial charge in [0.05, 0.1) is 10.6 Å². The van der Waals surface area contributed by atoms with Crippen LogP contribution in [0.25, 0.3) is 0 Å². The first kappa shape index (κ1) is 22.0. The van der Waals surface area contributed by atoms with E-state index in [0.29, 0.717) is 12.0 Å². The van der Waals surface area contributed by atoms with Gasteiger partial charge < -0.3 is 4.90 Å². The van der Waals surface area contributed by atoms with Crippen LogP contribution in [0.4, 0.5) is 11.4 Å². The van der Waals surface area contributed by atoms with Crippen molar-refractivity contribution >= 4 is 40.7 Å². The van der Waals surface area contributed by atoms with E-state index in [-0.39, 0.29) is 23.0 Å². The minimum absolute atomic E-state index is 0. The van der Waals surface area contributed by atoms with Crippen molar-refractivity contribution in [3.8, 4) is 0 Å². The molecule has 7 heteroatoms. The zero-order chi connectivity index (χ0) is 18.7. The Kier molecular flexibility index (Phi) is 7.98. The number of benzene rings is 1. The maximum absolute atomic E-state index is 11.0. The van der Waals surface area contributed by atoms with Crippen molar-refractivity contribution in [1.29, 1.82) is 0 Å². The largest absolute Gasteiger partial charge is 0.347 e. The van der Waals surface area contributed by atoms with Gasteiger partial charge in [0.1, 0.15) is 0 Å². The summed E-state index contributed by atoms with van der Waals surface area (Å²) in [7, 11) is 0. The molecular weight excluding hydrogens is 382 g/mol. The van der Waals surface area contributed by atoms with Crippen LogP contribution in [-0.4, -0.2) is 33.3 Å². The summed E-state index contributed by atoms with van der Waals surface area (Å²) in [5, 5.41) is 12.0. The fourth-order valence-electron chi connectivity index (χ4n) is 4.07. The SMILES string of the molecule is Cc1cc([N+](=O)[O-])ccc1N=C1SC[C@H](C2CCCCC2)N1CC(C)C.Cl. The van der Waals surface area contributed by atoms with Crippen LogP contribution in [0.3, 0.4) is 0 Å².